The molecule has 2 heterocycles. The van der Waals surface area contributed by atoms with Gasteiger partial charge in [-0.15, -0.1) is 0 Å². The average molecular weight is 198 g/mol. The van der Waals surface area contributed by atoms with Gasteiger partial charge in [0.2, 0.25) is 0 Å². The molecule has 1 unspecified atom stereocenters. The van der Waals surface area contributed by atoms with Crippen molar-refractivity contribution in [3.63, 3.8) is 0 Å². The highest BCUT2D eigenvalue weighted by Gasteiger charge is 2.40. The normalized spacial score (nSPS) is 35.6. The standard InChI is InChI=1S/C11H22N2O/c1-2-10(14)7-13-6-4-11(9-13)3-5-12-8-11/h10,12,14H,2-9H2,1H3/t10-,11?/m0/s1. The largest absolute Gasteiger partial charge is 0.392 e. The van der Waals surface area contributed by atoms with Crippen molar-refractivity contribution in [2.24, 2.45) is 5.41 Å². The Morgan fingerprint density at radius 1 is 1.50 bits per heavy atom. The molecule has 2 fully saturated rings. The second kappa shape index (κ2) is 4.17. The van der Waals surface area contributed by atoms with Crippen LogP contribution in [0.3, 0.4) is 0 Å². The van der Waals surface area contributed by atoms with Crippen LogP contribution in [-0.4, -0.2) is 48.8 Å². The van der Waals surface area contributed by atoms with Crippen molar-refractivity contribution >= 4 is 0 Å². The van der Waals surface area contributed by atoms with Crippen molar-refractivity contribution in [2.75, 3.05) is 32.7 Å². The molecule has 0 aliphatic carbocycles. The third-order valence-corrected chi connectivity index (χ3v) is 3.79. The summed E-state index contributed by atoms with van der Waals surface area (Å²) in [6.45, 7) is 7.66. The van der Waals surface area contributed by atoms with Gasteiger partial charge in [0.15, 0.2) is 0 Å². The molecule has 2 aliphatic heterocycles. The van der Waals surface area contributed by atoms with Gasteiger partial charge in [-0.2, -0.15) is 0 Å². The average Bonchev–Trinajstić information content (AvgIpc) is 2.78. The summed E-state index contributed by atoms with van der Waals surface area (Å²) in [6, 6.07) is 0. The Morgan fingerprint density at radius 2 is 2.36 bits per heavy atom. The van der Waals surface area contributed by atoms with Crippen molar-refractivity contribution in [1.29, 1.82) is 0 Å². The van der Waals surface area contributed by atoms with Crippen LogP contribution in [0.5, 0.6) is 0 Å². The SMILES string of the molecule is CC[C@H](O)CN1CCC2(CCNC2)C1. The van der Waals surface area contributed by atoms with E-state index >= 15 is 0 Å². The van der Waals surface area contributed by atoms with Crippen molar-refractivity contribution in [1.82, 2.24) is 10.2 Å². The van der Waals surface area contributed by atoms with Crippen molar-refractivity contribution < 1.29 is 5.11 Å². The third-order valence-electron chi connectivity index (χ3n) is 3.79. The number of likely N-dealkylation sites (tertiary alicyclic amines) is 1. The molecule has 3 heteroatoms. The Morgan fingerprint density at radius 3 is 3.00 bits per heavy atom. The lowest BCUT2D eigenvalue weighted by molar-refractivity contribution is 0.115. The molecule has 0 bridgehead atoms. The first kappa shape index (κ1) is 10.4. The first-order valence-corrected chi connectivity index (χ1v) is 5.85. The van der Waals surface area contributed by atoms with Crippen LogP contribution in [0, 0.1) is 5.41 Å². The number of hydrogen-bond donors (Lipinski definition) is 2. The monoisotopic (exact) mass is 198 g/mol. The molecule has 3 nitrogen and oxygen atoms in total. The Bertz CT molecular complexity index is 190. The number of nitrogens with zero attached hydrogens (tertiary/aromatic N) is 1. The van der Waals surface area contributed by atoms with E-state index in [-0.39, 0.29) is 6.10 Å². The topological polar surface area (TPSA) is 35.5 Å². The molecule has 2 N–H and O–H groups in total. The van der Waals surface area contributed by atoms with Gasteiger partial charge in [-0.05, 0) is 37.8 Å². The van der Waals surface area contributed by atoms with Crippen LogP contribution in [0.1, 0.15) is 26.2 Å². The zero-order chi connectivity index (χ0) is 10.0. The second-order valence-electron chi connectivity index (χ2n) is 4.97. The van der Waals surface area contributed by atoms with Crippen LogP contribution in [0.2, 0.25) is 0 Å². The maximum atomic E-state index is 9.59. The molecule has 1 spiro atoms. The summed E-state index contributed by atoms with van der Waals surface area (Å²) in [5.74, 6) is 0. The summed E-state index contributed by atoms with van der Waals surface area (Å²) in [4.78, 5) is 2.43. The molecule has 2 aliphatic rings. The van der Waals surface area contributed by atoms with Crippen LogP contribution < -0.4 is 5.32 Å². The first-order valence-electron chi connectivity index (χ1n) is 5.85. The Balaban J connectivity index is 1.82. The molecule has 2 atom stereocenters. The molecular weight excluding hydrogens is 176 g/mol. The van der Waals surface area contributed by atoms with Gasteiger partial charge >= 0.3 is 0 Å². The molecule has 0 aromatic heterocycles. The molecule has 0 aromatic carbocycles. The van der Waals surface area contributed by atoms with Gasteiger partial charge in [-0.3, -0.25) is 0 Å². The van der Waals surface area contributed by atoms with E-state index in [2.05, 4.69) is 10.2 Å². The van der Waals surface area contributed by atoms with Gasteiger partial charge in [0.25, 0.3) is 0 Å². The van der Waals surface area contributed by atoms with E-state index in [0.717, 1.165) is 13.0 Å². The minimum Gasteiger partial charge on any atom is -0.392 e. The Hall–Kier alpha value is -0.120. The highest BCUT2D eigenvalue weighted by Crippen LogP contribution is 2.35. The van der Waals surface area contributed by atoms with Crippen molar-refractivity contribution in [2.45, 2.75) is 32.3 Å². The first-order chi connectivity index (χ1) is 6.74. The highest BCUT2D eigenvalue weighted by atomic mass is 16.3. The predicted octanol–water partition coefficient (Wildman–Crippen LogP) is 0.443. The van der Waals surface area contributed by atoms with E-state index in [9.17, 15) is 5.11 Å². The number of aliphatic hydroxyl groups is 1. The lowest BCUT2D eigenvalue weighted by Crippen LogP contribution is -2.33. The summed E-state index contributed by atoms with van der Waals surface area (Å²) in [7, 11) is 0. The molecule has 0 amide bonds. The second-order valence-corrected chi connectivity index (χ2v) is 4.97. The number of nitrogens with one attached hydrogen (secondary N) is 1. The highest BCUT2D eigenvalue weighted by molar-refractivity contribution is 4.95. The van der Waals surface area contributed by atoms with Crippen molar-refractivity contribution in [3.05, 3.63) is 0 Å². The molecule has 2 rings (SSSR count). The lowest BCUT2D eigenvalue weighted by atomic mass is 9.87. The minimum atomic E-state index is -0.125. The zero-order valence-corrected chi connectivity index (χ0v) is 9.13. The van der Waals surface area contributed by atoms with Gasteiger partial charge in [0, 0.05) is 19.6 Å². The predicted molar refractivity (Wildman–Crippen MR) is 57.3 cm³/mol. The van der Waals surface area contributed by atoms with Crippen LogP contribution in [-0.2, 0) is 0 Å². The summed E-state index contributed by atoms with van der Waals surface area (Å²) < 4.78 is 0. The zero-order valence-electron chi connectivity index (χ0n) is 9.13. The van der Waals surface area contributed by atoms with E-state index < -0.39 is 0 Å². The van der Waals surface area contributed by atoms with Gasteiger partial charge in [-0.25, -0.2) is 0 Å². The van der Waals surface area contributed by atoms with E-state index in [0.29, 0.717) is 5.41 Å². The molecule has 2 saturated heterocycles. The van der Waals surface area contributed by atoms with Gasteiger partial charge in [-0.1, -0.05) is 6.92 Å². The maximum absolute atomic E-state index is 9.59. The summed E-state index contributed by atoms with van der Waals surface area (Å²) >= 11 is 0. The van der Waals surface area contributed by atoms with E-state index in [4.69, 9.17) is 0 Å². The summed E-state index contributed by atoms with van der Waals surface area (Å²) in [5, 5.41) is 13.0. The maximum Gasteiger partial charge on any atom is 0.0664 e. The van der Waals surface area contributed by atoms with Gasteiger partial charge in [0.05, 0.1) is 6.10 Å². The quantitative estimate of drug-likeness (QED) is 0.691. The number of β-amino-alcohol motifs (C(OH)–C–C–N with tert-alkyl or cyclic N) is 1. The Labute approximate surface area is 86.5 Å². The van der Waals surface area contributed by atoms with Crippen LogP contribution in [0.25, 0.3) is 0 Å². The van der Waals surface area contributed by atoms with Crippen LogP contribution in [0.4, 0.5) is 0 Å². The third kappa shape index (κ3) is 2.10. The fourth-order valence-electron chi connectivity index (χ4n) is 2.75. The van der Waals surface area contributed by atoms with Crippen LogP contribution >= 0.6 is 0 Å². The summed E-state index contributed by atoms with van der Waals surface area (Å²) in [6.07, 6.45) is 3.39. The fourth-order valence-corrected chi connectivity index (χ4v) is 2.75. The molecule has 0 radical (unpaired) electrons. The fraction of sp³-hybridized carbons (Fsp3) is 1.00. The lowest BCUT2D eigenvalue weighted by Gasteiger charge is -2.24. The van der Waals surface area contributed by atoms with Crippen LogP contribution in [0.15, 0.2) is 0 Å². The number of rotatable bonds is 3. The van der Waals surface area contributed by atoms with E-state index in [1.165, 1.54) is 39.0 Å². The number of aliphatic hydroxyl groups excluding tert-OH is 1. The number of hydrogen-bond acceptors (Lipinski definition) is 3. The molecule has 0 aromatic rings. The molecule has 82 valence electrons. The van der Waals surface area contributed by atoms with Crippen molar-refractivity contribution in [3.8, 4) is 0 Å². The molecule has 0 saturated carbocycles. The smallest absolute Gasteiger partial charge is 0.0664 e. The van der Waals surface area contributed by atoms with E-state index in [1.54, 1.807) is 0 Å². The molecule has 14 heavy (non-hydrogen) atoms. The van der Waals surface area contributed by atoms with E-state index in [1.807, 2.05) is 6.92 Å². The van der Waals surface area contributed by atoms with Gasteiger partial charge < -0.3 is 15.3 Å². The van der Waals surface area contributed by atoms with Gasteiger partial charge in [0.1, 0.15) is 0 Å². The summed E-state index contributed by atoms with van der Waals surface area (Å²) in [5.41, 5.74) is 0.549. The molecular formula is C11H22N2O. The minimum absolute atomic E-state index is 0.125. The Kier molecular flexibility index (Phi) is 3.10.